The van der Waals surface area contributed by atoms with Gasteiger partial charge in [0.1, 0.15) is 17.2 Å². The second kappa shape index (κ2) is 4.95. The van der Waals surface area contributed by atoms with Gasteiger partial charge in [0.15, 0.2) is 5.69 Å². The summed E-state index contributed by atoms with van der Waals surface area (Å²) in [5, 5.41) is 12.4. The molecule has 0 aromatic carbocycles. The molecule has 2 aromatic rings. The number of aromatic nitrogens is 2. The highest BCUT2D eigenvalue weighted by Crippen LogP contribution is 2.12. The lowest BCUT2D eigenvalue weighted by atomic mass is 10.4. The number of rotatable bonds is 4. The molecule has 0 atom stereocenters. The number of hydrogen-bond donors (Lipinski definition) is 1. The van der Waals surface area contributed by atoms with E-state index in [0.29, 0.717) is 5.69 Å². The molecule has 18 heavy (non-hydrogen) atoms. The third-order valence-corrected chi connectivity index (χ3v) is 3.53. The summed E-state index contributed by atoms with van der Waals surface area (Å²) in [4.78, 5) is 3.54. The monoisotopic (exact) mass is 264 g/mol. The molecule has 0 amide bonds. The lowest BCUT2D eigenvalue weighted by Gasteiger charge is -2.05. The van der Waals surface area contributed by atoms with Crippen LogP contribution in [0.4, 0.5) is 0 Å². The minimum atomic E-state index is -3.80. The third-order valence-electron chi connectivity index (χ3n) is 2.10. The van der Waals surface area contributed by atoms with Gasteiger partial charge in [-0.2, -0.15) is 5.26 Å². The fraction of sp³-hybridized carbons (Fsp3) is 0.100. The molecule has 0 spiro atoms. The molecule has 0 saturated carbocycles. The van der Waals surface area contributed by atoms with E-state index in [2.05, 4.69) is 19.4 Å². The van der Waals surface area contributed by atoms with Crippen LogP contribution in [0.15, 0.2) is 40.1 Å². The number of hydrogen-bond acceptors (Lipinski definition) is 6. The number of nitriles is 1. The van der Waals surface area contributed by atoms with Gasteiger partial charge in [-0.3, -0.25) is 0 Å². The van der Waals surface area contributed by atoms with Crippen molar-refractivity contribution in [2.75, 3.05) is 0 Å². The first kappa shape index (κ1) is 12.2. The molecule has 92 valence electrons. The van der Waals surface area contributed by atoms with Gasteiger partial charge in [-0.1, -0.05) is 5.16 Å². The minimum absolute atomic E-state index is 0.0153. The second-order valence-electron chi connectivity index (χ2n) is 3.28. The Balaban J connectivity index is 2.23. The first-order valence-corrected chi connectivity index (χ1v) is 6.36. The summed E-state index contributed by atoms with van der Waals surface area (Å²) in [5.74, 6) is 0. The van der Waals surface area contributed by atoms with Crippen molar-refractivity contribution < 1.29 is 12.9 Å². The van der Waals surface area contributed by atoms with Crippen molar-refractivity contribution in [3.63, 3.8) is 0 Å². The Labute approximate surface area is 103 Å². The molecular weight excluding hydrogens is 256 g/mol. The quantitative estimate of drug-likeness (QED) is 0.857. The van der Waals surface area contributed by atoms with Crippen LogP contribution in [0, 0.1) is 11.3 Å². The number of pyridine rings is 1. The van der Waals surface area contributed by atoms with Crippen LogP contribution in [0.2, 0.25) is 0 Å². The Hall–Kier alpha value is -2.24. The summed E-state index contributed by atoms with van der Waals surface area (Å²) in [6, 6.07) is 6.04. The summed E-state index contributed by atoms with van der Waals surface area (Å²) in [5.41, 5.74) is 0.297. The van der Waals surface area contributed by atoms with Crippen LogP contribution in [-0.2, 0) is 16.6 Å². The van der Waals surface area contributed by atoms with Crippen molar-refractivity contribution in [1.29, 1.82) is 5.26 Å². The predicted molar refractivity (Wildman–Crippen MR) is 59.5 cm³/mol. The van der Waals surface area contributed by atoms with E-state index in [1.54, 1.807) is 6.07 Å². The molecule has 0 fully saturated rings. The number of nitrogens with one attached hydrogen (secondary N) is 1. The maximum absolute atomic E-state index is 11.9. The zero-order chi connectivity index (χ0) is 13.0. The highest BCUT2D eigenvalue weighted by atomic mass is 32.2. The Morgan fingerprint density at radius 2 is 2.28 bits per heavy atom. The van der Waals surface area contributed by atoms with Crippen molar-refractivity contribution in [3.8, 4) is 6.07 Å². The lowest BCUT2D eigenvalue weighted by molar-refractivity contribution is 0.411. The van der Waals surface area contributed by atoms with Crippen molar-refractivity contribution in [3.05, 3.63) is 42.0 Å². The molecule has 0 unspecified atom stereocenters. The predicted octanol–water partition coefficient (Wildman–Crippen LogP) is 0.420. The van der Waals surface area contributed by atoms with Gasteiger partial charge >= 0.3 is 0 Å². The van der Waals surface area contributed by atoms with Gasteiger partial charge in [0, 0.05) is 12.3 Å². The van der Waals surface area contributed by atoms with Crippen molar-refractivity contribution >= 4 is 10.0 Å². The Morgan fingerprint density at radius 1 is 1.44 bits per heavy atom. The third kappa shape index (κ3) is 2.53. The number of sulfonamides is 1. The Bertz CT molecular complexity index is 673. The largest absolute Gasteiger partial charge is 0.364 e. The Morgan fingerprint density at radius 3 is 2.94 bits per heavy atom. The highest BCUT2D eigenvalue weighted by molar-refractivity contribution is 7.89. The van der Waals surface area contributed by atoms with Crippen LogP contribution in [-0.4, -0.2) is 18.6 Å². The van der Waals surface area contributed by atoms with Crippen LogP contribution in [0.5, 0.6) is 0 Å². The normalized spacial score (nSPS) is 11.1. The minimum Gasteiger partial charge on any atom is -0.364 e. The van der Waals surface area contributed by atoms with E-state index >= 15 is 0 Å². The number of nitrogens with zero attached hydrogens (tertiary/aromatic N) is 3. The molecule has 2 aromatic heterocycles. The summed E-state index contributed by atoms with van der Waals surface area (Å²) >= 11 is 0. The van der Waals surface area contributed by atoms with Crippen LogP contribution in [0.3, 0.4) is 0 Å². The van der Waals surface area contributed by atoms with Gasteiger partial charge in [-0.15, -0.1) is 0 Å². The van der Waals surface area contributed by atoms with E-state index in [9.17, 15) is 8.42 Å². The van der Waals surface area contributed by atoms with Crippen LogP contribution < -0.4 is 4.72 Å². The van der Waals surface area contributed by atoms with Gasteiger partial charge in [0.25, 0.3) is 0 Å². The average molecular weight is 264 g/mol. The summed E-state index contributed by atoms with van der Waals surface area (Å²) in [7, 11) is -3.80. The molecule has 7 nitrogen and oxygen atoms in total. The van der Waals surface area contributed by atoms with E-state index in [4.69, 9.17) is 5.26 Å². The Kier molecular flexibility index (Phi) is 3.36. The molecule has 8 heteroatoms. The molecule has 0 saturated heterocycles. The van der Waals surface area contributed by atoms with Gasteiger partial charge in [0.05, 0.1) is 12.2 Å². The molecule has 2 rings (SSSR count). The standard InChI is InChI=1S/C10H8N4O3S/c11-6-9-10(2-1-4-12-9)18(15,16)13-7-8-3-5-17-14-8/h1-5,13H,7H2. The summed E-state index contributed by atoms with van der Waals surface area (Å²) < 4.78 is 30.8. The molecule has 0 aliphatic heterocycles. The molecule has 1 N–H and O–H groups in total. The molecule has 0 aliphatic carbocycles. The molecular formula is C10H8N4O3S. The summed E-state index contributed by atoms with van der Waals surface area (Å²) in [6.45, 7) is -0.0153. The van der Waals surface area contributed by atoms with Crippen molar-refractivity contribution in [1.82, 2.24) is 14.9 Å². The maximum Gasteiger partial charge on any atom is 0.243 e. The van der Waals surface area contributed by atoms with E-state index in [1.807, 2.05) is 0 Å². The van der Waals surface area contributed by atoms with Gasteiger partial charge in [-0.05, 0) is 12.1 Å². The molecule has 2 heterocycles. The first-order chi connectivity index (χ1) is 8.63. The summed E-state index contributed by atoms with van der Waals surface area (Å²) in [6.07, 6.45) is 2.70. The van der Waals surface area contributed by atoms with E-state index < -0.39 is 10.0 Å². The maximum atomic E-state index is 11.9. The molecule has 0 radical (unpaired) electrons. The van der Waals surface area contributed by atoms with Gasteiger partial charge < -0.3 is 4.52 Å². The van der Waals surface area contributed by atoms with E-state index in [1.165, 1.54) is 30.7 Å². The topological polar surface area (TPSA) is 109 Å². The molecule has 0 bridgehead atoms. The second-order valence-corrected chi connectivity index (χ2v) is 5.01. The zero-order valence-corrected chi connectivity index (χ0v) is 9.88. The van der Waals surface area contributed by atoms with E-state index in [-0.39, 0.29) is 17.1 Å². The molecule has 0 aliphatic rings. The average Bonchev–Trinajstić information content (AvgIpc) is 2.89. The van der Waals surface area contributed by atoms with Gasteiger partial charge in [-0.25, -0.2) is 18.1 Å². The van der Waals surface area contributed by atoms with Crippen LogP contribution in [0.1, 0.15) is 11.4 Å². The first-order valence-electron chi connectivity index (χ1n) is 4.87. The van der Waals surface area contributed by atoms with Crippen LogP contribution in [0.25, 0.3) is 0 Å². The van der Waals surface area contributed by atoms with Crippen molar-refractivity contribution in [2.24, 2.45) is 0 Å². The fourth-order valence-corrected chi connectivity index (χ4v) is 2.37. The van der Waals surface area contributed by atoms with E-state index in [0.717, 1.165) is 0 Å². The highest BCUT2D eigenvalue weighted by Gasteiger charge is 2.19. The lowest BCUT2D eigenvalue weighted by Crippen LogP contribution is -2.24. The van der Waals surface area contributed by atoms with Crippen LogP contribution >= 0.6 is 0 Å². The fourth-order valence-electron chi connectivity index (χ4n) is 1.27. The smallest absolute Gasteiger partial charge is 0.243 e. The van der Waals surface area contributed by atoms with Crippen molar-refractivity contribution in [2.45, 2.75) is 11.4 Å². The SMILES string of the molecule is N#Cc1ncccc1S(=O)(=O)NCc1ccon1. The zero-order valence-electron chi connectivity index (χ0n) is 9.07. The van der Waals surface area contributed by atoms with Gasteiger partial charge in [0.2, 0.25) is 10.0 Å².